The normalized spacial score (nSPS) is 14.3. The molecule has 2 aromatic rings. The van der Waals surface area contributed by atoms with Crippen LogP contribution in [0.4, 0.5) is 11.6 Å². The predicted octanol–water partition coefficient (Wildman–Crippen LogP) is 1.39. The number of nitrogens with one attached hydrogen (secondary N) is 1. The third-order valence-corrected chi connectivity index (χ3v) is 3.43. The van der Waals surface area contributed by atoms with Crippen molar-refractivity contribution in [3.8, 4) is 0 Å². The highest BCUT2D eigenvalue weighted by atomic mass is 32.2. The Balaban J connectivity index is 2.27. The van der Waals surface area contributed by atoms with Crippen LogP contribution in [0, 0.1) is 0 Å². The number of nitrogens with two attached hydrogens (primary N) is 1. The topological polar surface area (TPSA) is 80.9 Å². The first-order valence-electron chi connectivity index (χ1n) is 5.65. The quantitative estimate of drug-likeness (QED) is 0.872. The third-order valence-electron chi connectivity index (χ3n) is 2.47. The minimum atomic E-state index is -0.855. The van der Waals surface area contributed by atoms with Gasteiger partial charge in [0.05, 0.1) is 11.0 Å². The van der Waals surface area contributed by atoms with Crippen LogP contribution in [0.5, 0.6) is 0 Å². The molecule has 2 unspecified atom stereocenters. The Bertz CT molecular complexity index is 587. The van der Waals surface area contributed by atoms with Crippen LogP contribution < -0.4 is 11.1 Å². The minimum Gasteiger partial charge on any atom is -0.381 e. The predicted molar refractivity (Wildman–Crippen MR) is 76.0 cm³/mol. The van der Waals surface area contributed by atoms with Gasteiger partial charge in [-0.15, -0.1) is 0 Å². The summed E-state index contributed by atoms with van der Waals surface area (Å²) in [4.78, 5) is 8.71. The van der Waals surface area contributed by atoms with Gasteiger partial charge in [0.1, 0.15) is 0 Å². The summed E-state index contributed by atoms with van der Waals surface area (Å²) in [6, 6.07) is 7.59. The van der Waals surface area contributed by atoms with Crippen molar-refractivity contribution in [2.45, 2.75) is 13.0 Å². The highest BCUT2D eigenvalue weighted by Crippen LogP contribution is 2.18. The largest absolute Gasteiger partial charge is 0.381 e. The molecule has 0 bridgehead atoms. The first kappa shape index (κ1) is 12.8. The Kier molecular flexibility index (Phi) is 3.76. The summed E-state index contributed by atoms with van der Waals surface area (Å²) in [5.41, 5.74) is 7.42. The van der Waals surface area contributed by atoms with Crippen molar-refractivity contribution >= 4 is 33.5 Å². The van der Waals surface area contributed by atoms with Crippen molar-refractivity contribution in [1.29, 1.82) is 0 Å². The molecule has 0 aliphatic heterocycles. The van der Waals surface area contributed by atoms with Gasteiger partial charge in [-0.3, -0.25) is 4.21 Å². The maximum Gasteiger partial charge on any atom is 0.169 e. The second-order valence-electron chi connectivity index (χ2n) is 4.23. The highest BCUT2D eigenvalue weighted by molar-refractivity contribution is 7.84. The second-order valence-corrected chi connectivity index (χ2v) is 5.71. The molecule has 96 valence electrons. The van der Waals surface area contributed by atoms with Gasteiger partial charge in [0, 0.05) is 28.9 Å². The summed E-state index contributed by atoms with van der Waals surface area (Å²) in [5, 5.41) is 3.14. The third kappa shape index (κ3) is 2.95. The Morgan fingerprint density at radius 1 is 1.33 bits per heavy atom. The molecule has 0 radical (unpaired) electrons. The number of aromatic nitrogens is 2. The molecule has 5 nitrogen and oxygen atoms in total. The summed E-state index contributed by atoms with van der Waals surface area (Å²) in [6.45, 7) is 1.94. The van der Waals surface area contributed by atoms with E-state index in [1.54, 1.807) is 6.26 Å². The van der Waals surface area contributed by atoms with Gasteiger partial charge in [-0.2, -0.15) is 0 Å². The van der Waals surface area contributed by atoms with Crippen LogP contribution in [0.3, 0.4) is 0 Å². The van der Waals surface area contributed by atoms with Crippen molar-refractivity contribution in [1.82, 2.24) is 9.97 Å². The molecule has 1 aromatic carbocycles. The van der Waals surface area contributed by atoms with Crippen LogP contribution in [0.1, 0.15) is 6.92 Å². The van der Waals surface area contributed by atoms with Crippen LogP contribution in [0.25, 0.3) is 11.0 Å². The van der Waals surface area contributed by atoms with Gasteiger partial charge in [0.25, 0.3) is 0 Å². The van der Waals surface area contributed by atoms with Gasteiger partial charge in [0.2, 0.25) is 0 Å². The monoisotopic (exact) mass is 264 g/mol. The summed E-state index contributed by atoms with van der Waals surface area (Å²) in [5.74, 6) is 1.46. The number of para-hydroxylation sites is 2. The molecule has 3 N–H and O–H groups in total. The molecule has 6 heteroatoms. The zero-order valence-corrected chi connectivity index (χ0v) is 11.2. The van der Waals surface area contributed by atoms with Gasteiger partial charge in [0.15, 0.2) is 11.6 Å². The highest BCUT2D eigenvalue weighted by Gasteiger charge is 2.10. The second kappa shape index (κ2) is 5.30. The molecule has 0 aliphatic rings. The van der Waals surface area contributed by atoms with Gasteiger partial charge in [-0.1, -0.05) is 12.1 Å². The zero-order chi connectivity index (χ0) is 13.1. The molecule has 2 atom stereocenters. The molecule has 0 saturated heterocycles. The number of anilines is 2. The Hall–Kier alpha value is -1.69. The van der Waals surface area contributed by atoms with Gasteiger partial charge >= 0.3 is 0 Å². The first-order valence-corrected chi connectivity index (χ1v) is 7.38. The number of fused-ring (bicyclic) bond motifs is 1. The lowest BCUT2D eigenvalue weighted by atomic mass is 10.3. The summed E-state index contributed by atoms with van der Waals surface area (Å²) >= 11 is 0. The Morgan fingerprint density at radius 2 is 1.94 bits per heavy atom. The van der Waals surface area contributed by atoms with E-state index in [2.05, 4.69) is 15.3 Å². The molecule has 0 amide bonds. The van der Waals surface area contributed by atoms with E-state index >= 15 is 0 Å². The number of nitrogen functional groups attached to an aromatic ring is 1. The molecular weight excluding hydrogens is 248 g/mol. The zero-order valence-electron chi connectivity index (χ0n) is 10.4. The molecule has 0 aliphatic carbocycles. The molecule has 0 spiro atoms. The first-order chi connectivity index (χ1) is 8.56. The molecule has 0 saturated carbocycles. The van der Waals surface area contributed by atoms with Crippen molar-refractivity contribution in [3.05, 3.63) is 24.3 Å². The molecule has 1 heterocycles. The van der Waals surface area contributed by atoms with Crippen LogP contribution in [-0.2, 0) is 10.8 Å². The van der Waals surface area contributed by atoms with Gasteiger partial charge < -0.3 is 11.1 Å². The lowest BCUT2D eigenvalue weighted by Crippen LogP contribution is -2.23. The van der Waals surface area contributed by atoms with Crippen molar-refractivity contribution in [2.75, 3.05) is 23.1 Å². The van der Waals surface area contributed by atoms with E-state index in [9.17, 15) is 4.21 Å². The Morgan fingerprint density at radius 3 is 2.56 bits per heavy atom. The van der Waals surface area contributed by atoms with Gasteiger partial charge in [-0.05, 0) is 19.1 Å². The SMILES string of the molecule is CC(CS(C)=O)Nc1nc2ccccc2nc1N. The molecular formula is C12H16N4OS. The van der Waals surface area contributed by atoms with E-state index in [0.717, 1.165) is 11.0 Å². The van der Waals surface area contributed by atoms with Crippen molar-refractivity contribution in [3.63, 3.8) is 0 Å². The number of hydrogen-bond donors (Lipinski definition) is 2. The van der Waals surface area contributed by atoms with Crippen molar-refractivity contribution in [2.24, 2.45) is 0 Å². The molecule has 0 fully saturated rings. The summed E-state index contributed by atoms with van der Waals surface area (Å²) < 4.78 is 11.1. The number of nitrogens with zero attached hydrogens (tertiary/aromatic N) is 2. The van der Waals surface area contributed by atoms with Gasteiger partial charge in [-0.25, -0.2) is 9.97 Å². The van der Waals surface area contributed by atoms with Crippen molar-refractivity contribution < 1.29 is 4.21 Å². The smallest absolute Gasteiger partial charge is 0.169 e. The van der Waals surface area contributed by atoms with E-state index < -0.39 is 10.8 Å². The van der Waals surface area contributed by atoms with Crippen LogP contribution in [0.15, 0.2) is 24.3 Å². The number of benzene rings is 1. The standard InChI is InChI=1S/C12H16N4OS/c1-8(7-18(2)17)14-12-11(13)15-9-5-3-4-6-10(9)16-12/h3-6,8H,7H2,1-2H3,(H2,13,15)(H,14,16). The average Bonchev–Trinajstić information content (AvgIpc) is 2.29. The Labute approximate surface area is 108 Å². The summed E-state index contributed by atoms with van der Waals surface area (Å²) in [7, 11) is -0.855. The van der Waals surface area contributed by atoms with E-state index in [1.165, 1.54) is 0 Å². The lowest BCUT2D eigenvalue weighted by molar-refractivity contribution is 0.683. The maximum absolute atomic E-state index is 11.1. The van der Waals surface area contributed by atoms with E-state index in [-0.39, 0.29) is 6.04 Å². The van der Waals surface area contributed by atoms with Crippen LogP contribution in [0.2, 0.25) is 0 Å². The summed E-state index contributed by atoms with van der Waals surface area (Å²) in [6.07, 6.45) is 1.67. The van der Waals surface area contributed by atoms with Crippen LogP contribution >= 0.6 is 0 Å². The lowest BCUT2D eigenvalue weighted by Gasteiger charge is -2.14. The number of hydrogen-bond acceptors (Lipinski definition) is 5. The fourth-order valence-electron chi connectivity index (χ4n) is 1.75. The number of rotatable bonds is 4. The molecule has 2 rings (SSSR count). The van der Waals surface area contributed by atoms with Crippen LogP contribution in [-0.4, -0.2) is 32.2 Å². The molecule has 18 heavy (non-hydrogen) atoms. The fraction of sp³-hybridized carbons (Fsp3) is 0.333. The average molecular weight is 264 g/mol. The minimum absolute atomic E-state index is 0.0357. The molecule has 1 aromatic heterocycles. The van der Waals surface area contributed by atoms with E-state index in [0.29, 0.717) is 17.4 Å². The fourth-order valence-corrected chi connectivity index (χ4v) is 2.53. The maximum atomic E-state index is 11.1. The van der Waals surface area contributed by atoms with E-state index in [1.807, 2.05) is 31.2 Å². The van der Waals surface area contributed by atoms with E-state index in [4.69, 9.17) is 5.73 Å².